The summed E-state index contributed by atoms with van der Waals surface area (Å²) in [5.41, 5.74) is 1.26. The zero-order valence-electron chi connectivity index (χ0n) is 18.0. The molecule has 0 atom stereocenters. The predicted molar refractivity (Wildman–Crippen MR) is 122 cm³/mol. The topological polar surface area (TPSA) is 104 Å². The largest absolute Gasteiger partial charge is 0.497 e. The molecule has 0 unspecified atom stereocenters. The van der Waals surface area contributed by atoms with E-state index >= 15 is 0 Å². The summed E-state index contributed by atoms with van der Waals surface area (Å²) >= 11 is 1.26. The Morgan fingerprint density at radius 1 is 1.09 bits per heavy atom. The maximum atomic E-state index is 12.5. The number of hydrogen-bond donors (Lipinski definition) is 0. The fourth-order valence-corrected chi connectivity index (χ4v) is 5.47. The summed E-state index contributed by atoms with van der Waals surface area (Å²) in [6.07, 6.45) is -0.236. The molecule has 0 spiro atoms. The third kappa shape index (κ3) is 5.25. The van der Waals surface area contributed by atoms with Gasteiger partial charge in [-0.15, -0.1) is 0 Å². The number of methoxy groups -OCH3 is 1. The molecule has 0 bridgehead atoms. The van der Waals surface area contributed by atoms with Crippen molar-refractivity contribution >= 4 is 43.3 Å². The average Bonchev–Trinajstić information content (AvgIpc) is 3.14. The van der Waals surface area contributed by atoms with Crippen LogP contribution in [0.5, 0.6) is 5.75 Å². The van der Waals surface area contributed by atoms with Crippen molar-refractivity contribution in [1.29, 1.82) is 0 Å². The lowest BCUT2D eigenvalue weighted by molar-refractivity contribution is -0.117. The van der Waals surface area contributed by atoms with Crippen LogP contribution in [0.15, 0.2) is 52.4 Å². The molecule has 32 heavy (non-hydrogen) atoms. The summed E-state index contributed by atoms with van der Waals surface area (Å²) in [4.78, 5) is 29.2. The van der Waals surface area contributed by atoms with Gasteiger partial charge in [0, 0.05) is 13.0 Å². The van der Waals surface area contributed by atoms with E-state index in [-0.39, 0.29) is 23.7 Å². The zero-order valence-corrected chi connectivity index (χ0v) is 19.7. The molecule has 0 aliphatic carbocycles. The smallest absolute Gasteiger partial charge is 0.338 e. The second kappa shape index (κ2) is 10.1. The second-order valence-electron chi connectivity index (χ2n) is 6.78. The number of nitrogens with zero attached hydrogens (tertiary/aromatic N) is 2. The van der Waals surface area contributed by atoms with Crippen molar-refractivity contribution in [2.45, 2.75) is 31.7 Å². The van der Waals surface area contributed by atoms with Gasteiger partial charge in [0.1, 0.15) is 5.75 Å². The van der Waals surface area contributed by atoms with Crippen molar-refractivity contribution in [3.8, 4) is 5.75 Å². The van der Waals surface area contributed by atoms with E-state index in [2.05, 4.69) is 4.99 Å². The highest BCUT2D eigenvalue weighted by atomic mass is 32.2. The van der Waals surface area contributed by atoms with Crippen LogP contribution in [0, 0.1) is 0 Å². The number of rotatable bonds is 8. The first kappa shape index (κ1) is 23.7. The summed E-state index contributed by atoms with van der Waals surface area (Å²) in [6, 6.07) is 11.2. The van der Waals surface area contributed by atoms with E-state index in [1.54, 1.807) is 37.3 Å². The van der Waals surface area contributed by atoms with E-state index in [1.165, 1.54) is 30.6 Å². The molecule has 1 heterocycles. The van der Waals surface area contributed by atoms with Crippen molar-refractivity contribution < 1.29 is 27.5 Å². The second-order valence-corrected chi connectivity index (χ2v) is 9.90. The Bertz CT molecular complexity index is 1300. The molecule has 0 radical (unpaired) electrons. The lowest BCUT2D eigenvalue weighted by atomic mass is 10.2. The van der Waals surface area contributed by atoms with E-state index in [0.717, 1.165) is 10.2 Å². The van der Waals surface area contributed by atoms with Crippen LogP contribution in [0.3, 0.4) is 0 Å². The number of amides is 1. The summed E-state index contributed by atoms with van der Waals surface area (Å²) in [6.45, 7) is 4.51. The number of benzene rings is 2. The normalized spacial score (nSPS) is 12.2. The van der Waals surface area contributed by atoms with E-state index in [4.69, 9.17) is 9.47 Å². The predicted octanol–water partition coefficient (Wildman–Crippen LogP) is 3.20. The number of hydrogen-bond acceptors (Lipinski definition) is 7. The van der Waals surface area contributed by atoms with Gasteiger partial charge in [0.2, 0.25) is 5.91 Å². The maximum Gasteiger partial charge on any atom is 0.338 e. The zero-order chi connectivity index (χ0) is 23.3. The average molecular weight is 477 g/mol. The Kier molecular flexibility index (Phi) is 7.47. The molecule has 1 aromatic heterocycles. The van der Waals surface area contributed by atoms with Crippen molar-refractivity contribution in [3.05, 3.63) is 52.8 Å². The lowest BCUT2D eigenvalue weighted by Gasteiger charge is -2.04. The van der Waals surface area contributed by atoms with Crippen LogP contribution in [0.2, 0.25) is 0 Å². The van der Waals surface area contributed by atoms with Gasteiger partial charge in [-0.05, 0) is 56.3 Å². The van der Waals surface area contributed by atoms with Gasteiger partial charge < -0.3 is 14.0 Å². The number of fused-ring (bicyclic) bond motifs is 1. The first-order valence-corrected chi connectivity index (χ1v) is 12.5. The number of sulfone groups is 1. The Hall–Kier alpha value is -2.98. The van der Waals surface area contributed by atoms with Gasteiger partial charge in [-0.3, -0.25) is 4.79 Å². The number of esters is 1. The number of thiazole rings is 1. The highest BCUT2D eigenvalue weighted by molar-refractivity contribution is 7.91. The van der Waals surface area contributed by atoms with Gasteiger partial charge in [0.15, 0.2) is 14.6 Å². The van der Waals surface area contributed by atoms with Crippen LogP contribution in [0.25, 0.3) is 10.2 Å². The molecule has 10 heteroatoms. The third-order valence-electron chi connectivity index (χ3n) is 4.73. The molecule has 1 amide bonds. The Labute approximate surface area is 190 Å². The number of aromatic nitrogens is 1. The minimum absolute atomic E-state index is 0.128. The van der Waals surface area contributed by atoms with E-state index < -0.39 is 21.7 Å². The molecule has 0 N–H and O–H groups in total. The van der Waals surface area contributed by atoms with E-state index in [9.17, 15) is 18.0 Å². The first-order valence-electron chi connectivity index (χ1n) is 10.0. The molecular weight excluding hydrogens is 452 g/mol. The number of carbonyl (C=O) groups excluding carboxylic acids is 2. The van der Waals surface area contributed by atoms with Crippen molar-refractivity contribution in [1.82, 2.24) is 4.57 Å². The van der Waals surface area contributed by atoms with Gasteiger partial charge in [0.25, 0.3) is 0 Å². The minimum Gasteiger partial charge on any atom is -0.497 e. The fraction of sp³-hybridized carbons (Fsp3) is 0.318. The summed E-state index contributed by atoms with van der Waals surface area (Å²) in [5, 5.41) is 0. The maximum absolute atomic E-state index is 12.5. The molecule has 0 saturated heterocycles. The quantitative estimate of drug-likeness (QED) is 0.463. The summed E-state index contributed by atoms with van der Waals surface area (Å²) in [7, 11) is -2.13. The summed E-state index contributed by atoms with van der Waals surface area (Å²) in [5.74, 6) is -0.730. The Morgan fingerprint density at radius 2 is 1.81 bits per heavy atom. The Morgan fingerprint density at radius 3 is 2.44 bits per heavy atom. The van der Waals surface area contributed by atoms with Crippen LogP contribution in [0.1, 0.15) is 30.6 Å². The van der Waals surface area contributed by atoms with Crippen molar-refractivity contribution in [2.75, 3.05) is 19.5 Å². The van der Waals surface area contributed by atoms with Gasteiger partial charge in [0.05, 0.1) is 40.1 Å². The fourth-order valence-electron chi connectivity index (χ4n) is 3.09. The van der Waals surface area contributed by atoms with Gasteiger partial charge in [-0.1, -0.05) is 11.3 Å². The number of carbonyl (C=O) groups is 2. The highest BCUT2D eigenvalue weighted by Crippen LogP contribution is 2.20. The number of aryl methyl sites for hydroxylation is 1. The number of ether oxygens (including phenoxy) is 2. The van der Waals surface area contributed by atoms with Crippen LogP contribution >= 0.6 is 11.3 Å². The molecule has 0 saturated carbocycles. The third-order valence-corrected chi connectivity index (χ3v) is 7.51. The molecule has 0 fully saturated rings. The first-order chi connectivity index (χ1) is 15.3. The molecule has 3 rings (SSSR count). The van der Waals surface area contributed by atoms with Crippen molar-refractivity contribution in [2.24, 2.45) is 4.99 Å². The molecule has 2 aromatic carbocycles. The molecule has 0 aliphatic rings. The van der Waals surface area contributed by atoms with Crippen LogP contribution in [-0.4, -0.2) is 44.3 Å². The molecule has 3 aromatic rings. The van der Waals surface area contributed by atoms with E-state index in [0.29, 0.717) is 22.7 Å². The SMILES string of the molecule is CCOC(=O)c1ccc2c(c1)sc(=NC(=O)CCS(=O)(=O)c1ccc(OC)cc1)n2CC. The van der Waals surface area contributed by atoms with Gasteiger partial charge in [-0.25, -0.2) is 13.2 Å². The Balaban J connectivity index is 1.82. The monoisotopic (exact) mass is 476 g/mol. The van der Waals surface area contributed by atoms with E-state index in [1.807, 2.05) is 11.5 Å². The highest BCUT2D eigenvalue weighted by Gasteiger charge is 2.17. The molecule has 8 nitrogen and oxygen atoms in total. The molecule has 0 aliphatic heterocycles. The van der Waals surface area contributed by atoms with Crippen LogP contribution < -0.4 is 9.54 Å². The van der Waals surface area contributed by atoms with Gasteiger partial charge in [-0.2, -0.15) is 4.99 Å². The van der Waals surface area contributed by atoms with Crippen LogP contribution in [-0.2, 0) is 25.9 Å². The summed E-state index contributed by atoms with van der Waals surface area (Å²) < 4.78 is 37.8. The lowest BCUT2D eigenvalue weighted by Crippen LogP contribution is -2.17. The molecular formula is C22H24N2O6S2. The van der Waals surface area contributed by atoms with Crippen molar-refractivity contribution in [3.63, 3.8) is 0 Å². The minimum atomic E-state index is -3.62. The molecule has 170 valence electrons. The standard InChI is InChI=1S/C22H24N2O6S2/c1-4-24-18-11-6-15(21(26)30-5-2)14-19(18)31-22(24)23-20(25)12-13-32(27,28)17-9-7-16(29-3)8-10-17/h6-11,14H,4-5,12-13H2,1-3H3. The van der Waals surface area contributed by atoms with Crippen LogP contribution in [0.4, 0.5) is 0 Å². The van der Waals surface area contributed by atoms with Gasteiger partial charge >= 0.3 is 5.97 Å².